The van der Waals surface area contributed by atoms with Crippen molar-refractivity contribution in [3.63, 3.8) is 0 Å². The summed E-state index contributed by atoms with van der Waals surface area (Å²) in [5, 5.41) is 47.6. The number of carboxylic acid groups (broad SMARTS) is 1. The molecule has 14 nitrogen and oxygen atoms in total. The molecule has 6 atom stereocenters. The maximum absolute atomic E-state index is 13.7. The standard InChI is InChI=1S/C25H31N6O8P/c1-14(23(34)35)30-40(36,39-16-7-5-15(6-8-16)24(2,3)4)37-11-18-20(32)21(33)25(12-26,38-18)19-10-9-17-22(27)28-13-29-31(17)19/h5-10,13-14,18,20-21,32-33H,11H2,1-4H3,(H,30,36)(H,34,35)(H2,27,28,29)/t14-,18+,20+,21+,25-,40-/m0/s1. The predicted molar refractivity (Wildman–Crippen MR) is 141 cm³/mol. The Balaban J connectivity index is 1.58. The topological polar surface area (TPSA) is 215 Å². The number of aliphatic hydroxyl groups is 2. The number of nitrogen functional groups attached to an aromatic ring is 1. The van der Waals surface area contributed by atoms with E-state index in [1.54, 1.807) is 24.3 Å². The Bertz CT molecular complexity index is 1480. The summed E-state index contributed by atoms with van der Waals surface area (Å²) < 4.78 is 31.9. The number of nitriles is 1. The highest BCUT2D eigenvalue weighted by Crippen LogP contribution is 2.47. The minimum Gasteiger partial charge on any atom is -0.480 e. The molecule has 0 amide bonds. The van der Waals surface area contributed by atoms with E-state index >= 15 is 0 Å². The van der Waals surface area contributed by atoms with Crippen molar-refractivity contribution >= 4 is 25.1 Å². The predicted octanol–water partition coefficient (Wildman–Crippen LogP) is 1.71. The number of rotatable bonds is 9. The van der Waals surface area contributed by atoms with Crippen molar-refractivity contribution in [3.05, 3.63) is 54.0 Å². The van der Waals surface area contributed by atoms with E-state index < -0.39 is 50.3 Å². The SMILES string of the molecule is C[C@H](N[P@](=O)(OC[C@H]1O[C@@](C#N)(c2ccc3c(N)ncnn23)[C@H](O)[C@@H]1O)Oc1ccc(C(C)(C)C)cc1)C(=O)O. The molecule has 214 valence electrons. The maximum atomic E-state index is 13.7. The van der Waals surface area contributed by atoms with E-state index in [0.717, 1.165) is 11.9 Å². The maximum Gasteiger partial charge on any atom is 0.459 e. The number of nitrogens with two attached hydrogens (primary N) is 1. The lowest BCUT2D eigenvalue weighted by atomic mass is 9.87. The lowest BCUT2D eigenvalue weighted by Crippen LogP contribution is -2.41. The smallest absolute Gasteiger partial charge is 0.459 e. The lowest BCUT2D eigenvalue weighted by Gasteiger charge is -2.25. The summed E-state index contributed by atoms with van der Waals surface area (Å²) in [7, 11) is -4.39. The third-order valence-corrected chi connectivity index (χ3v) is 8.21. The normalized spacial score (nSPS) is 25.3. The van der Waals surface area contributed by atoms with Crippen molar-refractivity contribution in [1.82, 2.24) is 19.7 Å². The highest BCUT2D eigenvalue weighted by Gasteiger charge is 2.58. The van der Waals surface area contributed by atoms with Gasteiger partial charge in [-0.2, -0.15) is 15.4 Å². The lowest BCUT2D eigenvalue weighted by molar-refractivity contribution is -0.138. The molecule has 1 aliphatic heterocycles. The van der Waals surface area contributed by atoms with Gasteiger partial charge in [-0.05, 0) is 42.2 Å². The molecule has 0 bridgehead atoms. The van der Waals surface area contributed by atoms with Crippen LogP contribution in [0.2, 0.25) is 0 Å². The fraction of sp³-hybridized carbons (Fsp3) is 0.440. The van der Waals surface area contributed by atoms with Crippen molar-refractivity contribution in [2.75, 3.05) is 12.3 Å². The molecular weight excluding hydrogens is 543 g/mol. The zero-order chi connectivity index (χ0) is 29.5. The molecule has 0 saturated carbocycles. The Labute approximate surface area is 229 Å². The monoisotopic (exact) mass is 574 g/mol. The highest BCUT2D eigenvalue weighted by molar-refractivity contribution is 7.52. The van der Waals surface area contributed by atoms with Gasteiger partial charge in [-0.25, -0.2) is 14.1 Å². The van der Waals surface area contributed by atoms with Crippen LogP contribution < -0.4 is 15.3 Å². The van der Waals surface area contributed by atoms with Gasteiger partial charge in [0.05, 0.1) is 12.3 Å². The molecule has 0 spiro atoms. The highest BCUT2D eigenvalue weighted by atomic mass is 31.2. The van der Waals surface area contributed by atoms with E-state index in [9.17, 15) is 29.9 Å². The van der Waals surface area contributed by atoms with Crippen molar-refractivity contribution in [2.45, 2.75) is 63.1 Å². The number of benzene rings is 1. The zero-order valence-electron chi connectivity index (χ0n) is 22.3. The third-order valence-electron chi connectivity index (χ3n) is 6.56. The van der Waals surface area contributed by atoms with E-state index in [1.165, 1.54) is 23.6 Å². The molecule has 15 heteroatoms. The molecule has 4 rings (SSSR count). The fourth-order valence-electron chi connectivity index (χ4n) is 4.26. The second kappa shape index (κ2) is 10.8. The summed E-state index contributed by atoms with van der Waals surface area (Å²) >= 11 is 0. The van der Waals surface area contributed by atoms with Crippen LogP contribution in [-0.4, -0.2) is 66.8 Å². The van der Waals surface area contributed by atoms with Crippen LogP contribution in [0, 0.1) is 11.3 Å². The molecular formula is C25H31N6O8P. The summed E-state index contributed by atoms with van der Waals surface area (Å²) in [5.74, 6) is -1.06. The van der Waals surface area contributed by atoms with Gasteiger partial charge in [0, 0.05) is 0 Å². The Morgan fingerprint density at radius 2 is 1.98 bits per heavy atom. The van der Waals surface area contributed by atoms with Crippen molar-refractivity contribution in [2.24, 2.45) is 0 Å². The second-order valence-electron chi connectivity index (χ2n) is 10.4. The van der Waals surface area contributed by atoms with Gasteiger partial charge in [0.25, 0.3) is 0 Å². The van der Waals surface area contributed by atoms with Crippen LogP contribution in [0.15, 0.2) is 42.7 Å². The van der Waals surface area contributed by atoms with Crippen LogP contribution in [0.1, 0.15) is 39.0 Å². The van der Waals surface area contributed by atoms with Crippen molar-refractivity contribution < 1.29 is 38.5 Å². The van der Waals surface area contributed by atoms with Gasteiger partial charge in [-0.3, -0.25) is 9.32 Å². The summed E-state index contributed by atoms with van der Waals surface area (Å²) in [5.41, 5.74) is 5.02. The molecule has 0 aliphatic carbocycles. The molecule has 1 aromatic carbocycles. The first-order valence-corrected chi connectivity index (χ1v) is 13.8. The molecule has 3 aromatic rings. The van der Waals surface area contributed by atoms with E-state index in [1.807, 2.05) is 26.8 Å². The van der Waals surface area contributed by atoms with Crippen LogP contribution in [0.5, 0.6) is 5.75 Å². The molecule has 1 fully saturated rings. The molecule has 3 heterocycles. The minimum atomic E-state index is -4.39. The van der Waals surface area contributed by atoms with Crippen LogP contribution in [0.25, 0.3) is 5.52 Å². The van der Waals surface area contributed by atoms with Crippen molar-refractivity contribution in [3.8, 4) is 11.8 Å². The van der Waals surface area contributed by atoms with Gasteiger partial charge in [-0.15, -0.1) is 0 Å². The average molecular weight is 575 g/mol. The molecule has 1 aliphatic rings. The van der Waals surface area contributed by atoms with Crippen LogP contribution in [-0.2, 0) is 29.6 Å². The fourth-order valence-corrected chi connectivity index (χ4v) is 5.77. The number of fused-ring (bicyclic) bond motifs is 1. The average Bonchev–Trinajstić information content (AvgIpc) is 3.43. The Kier molecular flexibility index (Phi) is 7.92. The molecule has 40 heavy (non-hydrogen) atoms. The first-order chi connectivity index (χ1) is 18.7. The van der Waals surface area contributed by atoms with Gasteiger partial charge in [-0.1, -0.05) is 32.9 Å². The van der Waals surface area contributed by atoms with Crippen molar-refractivity contribution in [1.29, 1.82) is 5.26 Å². The number of carboxylic acids is 1. The van der Waals surface area contributed by atoms with E-state index in [4.69, 9.17) is 19.5 Å². The number of nitrogens with zero attached hydrogens (tertiary/aromatic N) is 4. The Morgan fingerprint density at radius 3 is 2.58 bits per heavy atom. The number of nitrogens with one attached hydrogen (secondary N) is 1. The van der Waals surface area contributed by atoms with Gasteiger partial charge in [0.2, 0.25) is 5.60 Å². The largest absolute Gasteiger partial charge is 0.480 e. The summed E-state index contributed by atoms with van der Waals surface area (Å²) in [4.78, 5) is 15.4. The third kappa shape index (κ3) is 5.53. The first kappa shape index (κ1) is 29.4. The van der Waals surface area contributed by atoms with Gasteiger partial charge >= 0.3 is 13.7 Å². The number of aliphatic carboxylic acids is 1. The van der Waals surface area contributed by atoms with Crippen LogP contribution in [0.3, 0.4) is 0 Å². The summed E-state index contributed by atoms with van der Waals surface area (Å²) in [6.07, 6.45) is -3.65. The molecule has 2 aromatic heterocycles. The Hall–Kier alpha value is -3.57. The Morgan fingerprint density at radius 1 is 1.30 bits per heavy atom. The molecule has 1 saturated heterocycles. The summed E-state index contributed by atoms with van der Waals surface area (Å²) in [6.45, 7) is 6.68. The minimum absolute atomic E-state index is 0.0733. The molecule has 0 unspecified atom stereocenters. The number of hydrogen-bond acceptors (Lipinski definition) is 11. The number of aromatic nitrogens is 3. The number of anilines is 1. The summed E-state index contributed by atoms with van der Waals surface area (Å²) in [6, 6.07) is 10.2. The number of carbonyl (C=O) groups is 1. The number of hydrogen-bond donors (Lipinski definition) is 5. The van der Waals surface area contributed by atoms with E-state index in [-0.39, 0.29) is 22.7 Å². The second-order valence-corrected chi connectivity index (χ2v) is 12.1. The molecule has 0 radical (unpaired) electrons. The van der Waals surface area contributed by atoms with Gasteiger partial charge in [0.1, 0.15) is 48.0 Å². The number of aliphatic hydroxyl groups excluding tert-OH is 2. The molecule has 6 N–H and O–H groups in total. The van der Waals surface area contributed by atoms with Crippen LogP contribution in [0.4, 0.5) is 5.82 Å². The van der Waals surface area contributed by atoms with Gasteiger partial charge in [0.15, 0.2) is 5.82 Å². The first-order valence-electron chi connectivity index (χ1n) is 12.3. The van der Waals surface area contributed by atoms with Gasteiger partial charge < -0.3 is 30.3 Å². The van der Waals surface area contributed by atoms with E-state index in [2.05, 4.69) is 15.2 Å². The van der Waals surface area contributed by atoms with E-state index in [0.29, 0.717) is 5.52 Å². The number of ether oxygens (including phenoxy) is 1. The quantitative estimate of drug-likeness (QED) is 0.230. The zero-order valence-corrected chi connectivity index (χ0v) is 23.1. The van der Waals surface area contributed by atoms with Crippen LogP contribution >= 0.6 is 7.75 Å².